The molecule has 29 heavy (non-hydrogen) atoms. The number of amides is 1. The molecule has 0 fully saturated rings. The highest BCUT2D eigenvalue weighted by Gasteiger charge is 2.44. The van der Waals surface area contributed by atoms with Gasteiger partial charge in [0.1, 0.15) is 5.92 Å². The van der Waals surface area contributed by atoms with Crippen LogP contribution in [0, 0.1) is 0 Å². The maximum absolute atomic E-state index is 13.4. The summed E-state index contributed by atoms with van der Waals surface area (Å²) < 4.78 is 0. The summed E-state index contributed by atoms with van der Waals surface area (Å²) in [5, 5.41) is 10.7. The van der Waals surface area contributed by atoms with Crippen LogP contribution in [0.15, 0.2) is 72.8 Å². The zero-order valence-corrected chi connectivity index (χ0v) is 16.2. The van der Waals surface area contributed by atoms with E-state index in [9.17, 15) is 14.7 Å². The summed E-state index contributed by atoms with van der Waals surface area (Å²) in [5.41, 5.74) is 8.93. The molecule has 1 amide bonds. The van der Waals surface area contributed by atoms with Gasteiger partial charge in [-0.2, -0.15) is 0 Å². The molecular weight excluding hydrogens is 388 g/mol. The molecule has 0 aliphatic carbocycles. The van der Waals surface area contributed by atoms with Crippen molar-refractivity contribution in [2.75, 3.05) is 5.73 Å². The van der Waals surface area contributed by atoms with E-state index in [-0.39, 0.29) is 12.5 Å². The van der Waals surface area contributed by atoms with Crippen molar-refractivity contribution in [3.63, 3.8) is 0 Å². The van der Waals surface area contributed by atoms with E-state index >= 15 is 0 Å². The molecule has 4 rings (SSSR count). The Balaban J connectivity index is 1.87. The average molecular weight is 407 g/mol. The Morgan fingerprint density at radius 3 is 2.31 bits per heavy atom. The fourth-order valence-electron chi connectivity index (χ4n) is 3.88. The predicted molar refractivity (Wildman–Crippen MR) is 112 cm³/mol. The number of anilines is 1. The van der Waals surface area contributed by atoms with Gasteiger partial charge >= 0.3 is 5.97 Å². The fourth-order valence-corrected chi connectivity index (χ4v) is 4.01. The fraction of sp³-hybridized carbons (Fsp3) is 0.130. The number of carboxylic acid groups (broad SMARTS) is 1. The van der Waals surface area contributed by atoms with Crippen molar-refractivity contribution in [3.05, 3.63) is 100 Å². The van der Waals surface area contributed by atoms with Crippen LogP contribution >= 0.6 is 11.6 Å². The van der Waals surface area contributed by atoms with Gasteiger partial charge in [-0.05, 0) is 47.0 Å². The number of nitrogen functional groups attached to an aromatic ring is 1. The number of rotatable bonds is 4. The highest BCUT2D eigenvalue weighted by atomic mass is 35.5. The van der Waals surface area contributed by atoms with Crippen molar-refractivity contribution < 1.29 is 14.7 Å². The maximum Gasteiger partial charge on any atom is 0.313 e. The number of fused-ring (bicyclic) bond motifs is 1. The smallest absolute Gasteiger partial charge is 0.313 e. The molecule has 6 heteroatoms. The zero-order valence-electron chi connectivity index (χ0n) is 15.5. The van der Waals surface area contributed by atoms with Crippen molar-refractivity contribution in [3.8, 4) is 0 Å². The van der Waals surface area contributed by atoms with Gasteiger partial charge in [0.05, 0.1) is 6.04 Å². The van der Waals surface area contributed by atoms with Crippen LogP contribution < -0.4 is 5.73 Å². The van der Waals surface area contributed by atoms with E-state index in [2.05, 4.69) is 0 Å². The third-order valence-corrected chi connectivity index (χ3v) is 5.50. The molecule has 2 atom stereocenters. The molecule has 0 aromatic heterocycles. The Kier molecular flexibility index (Phi) is 4.99. The molecule has 0 bridgehead atoms. The minimum absolute atomic E-state index is 0.199. The van der Waals surface area contributed by atoms with Gasteiger partial charge < -0.3 is 15.7 Å². The number of carboxylic acids is 1. The van der Waals surface area contributed by atoms with Crippen molar-refractivity contribution in [2.45, 2.75) is 18.5 Å². The SMILES string of the molecule is Nc1ccc([C@@H]2[C@@H](C(=O)O)c3ccccc3C(=O)N2Cc2ccc(Cl)cc2)cc1. The lowest BCUT2D eigenvalue weighted by Gasteiger charge is -2.41. The third-order valence-electron chi connectivity index (χ3n) is 5.25. The summed E-state index contributed by atoms with van der Waals surface area (Å²) in [5.74, 6) is -2.07. The van der Waals surface area contributed by atoms with Crippen LogP contribution in [0.2, 0.25) is 5.02 Å². The lowest BCUT2D eigenvalue weighted by Crippen LogP contribution is -2.44. The van der Waals surface area contributed by atoms with E-state index in [4.69, 9.17) is 17.3 Å². The topological polar surface area (TPSA) is 83.6 Å². The monoisotopic (exact) mass is 406 g/mol. The molecule has 0 spiro atoms. The summed E-state index contributed by atoms with van der Waals surface area (Å²) in [6.45, 7) is 0.267. The Morgan fingerprint density at radius 2 is 1.66 bits per heavy atom. The number of nitrogens with two attached hydrogens (primary N) is 1. The maximum atomic E-state index is 13.4. The molecule has 0 unspecified atom stereocenters. The lowest BCUT2D eigenvalue weighted by atomic mass is 9.79. The first-order valence-corrected chi connectivity index (χ1v) is 9.56. The molecule has 1 aliphatic heterocycles. The minimum Gasteiger partial charge on any atom is -0.481 e. The molecule has 3 aromatic carbocycles. The number of halogens is 1. The number of benzene rings is 3. The van der Waals surface area contributed by atoms with Gasteiger partial charge in [-0.25, -0.2) is 0 Å². The van der Waals surface area contributed by atoms with Crippen LogP contribution in [0.3, 0.4) is 0 Å². The molecule has 1 aliphatic rings. The first-order valence-electron chi connectivity index (χ1n) is 9.18. The van der Waals surface area contributed by atoms with Gasteiger partial charge in [-0.1, -0.05) is 54.1 Å². The Labute approximate surface area is 173 Å². The highest BCUT2D eigenvalue weighted by Crippen LogP contribution is 2.43. The zero-order chi connectivity index (χ0) is 20.5. The van der Waals surface area contributed by atoms with Crippen LogP contribution in [0.4, 0.5) is 5.69 Å². The number of carbonyl (C=O) groups is 2. The molecule has 146 valence electrons. The Morgan fingerprint density at radius 1 is 1.00 bits per heavy atom. The number of carbonyl (C=O) groups excluding carboxylic acids is 1. The van der Waals surface area contributed by atoms with E-state index in [1.54, 1.807) is 65.6 Å². The van der Waals surface area contributed by atoms with Gasteiger partial charge in [0, 0.05) is 22.8 Å². The van der Waals surface area contributed by atoms with Crippen LogP contribution in [0.25, 0.3) is 0 Å². The number of nitrogens with zero attached hydrogens (tertiary/aromatic N) is 1. The Hall–Kier alpha value is -3.31. The van der Waals surface area contributed by atoms with Crippen molar-refractivity contribution in [1.82, 2.24) is 4.90 Å². The van der Waals surface area contributed by atoms with Gasteiger partial charge in [-0.3, -0.25) is 9.59 Å². The van der Waals surface area contributed by atoms with E-state index in [1.807, 2.05) is 12.1 Å². The Bertz CT molecular complexity index is 1060. The molecular formula is C23H19ClN2O3. The quantitative estimate of drug-likeness (QED) is 0.625. The molecule has 1 heterocycles. The number of hydrogen-bond acceptors (Lipinski definition) is 3. The summed E-state index contributed by atoms with van der Waals surface area (Å²) in [6, 6.07) is 20.5. The van der Waals surface area contributed by atoms with Crippen molar-refractivity contribution in [1.29, 1.82) is 0 Å². The summed E-state index contributed by atoms with van der Waals surface area (Å²) >= 11 is 5.98. The van der Waals surface area contributed by atoms with E-state index in [0.717, 1.165) is 11.1 Å². The first-order chi connectivity index (χ1) is 14.0. The van der Waals surface area contributed by atoms with E-state index in [1.165, 1.54) is 0 Å². The predicted octanol–water partition coefficient (Wildman–Crippen LogP) is 4.49. The molecule has 3 N–H and O–H groups in total. The second-order valence-electron chi connectivity index (χ2n) is 7.07. The summed E-state index contributed by atoms with van der Waals surface area (Å²) in [7, 11) is 0. The van der Waals surface area contributed by atoms with Crippen LogP contribution in [-0.4, -0.2) is 21.9 Å². The number of aliphatic carboxylic acids is 1. The highest BCUT2D eigenvalue weighted by molar-refractivity contribution is 6.30. The van der Waals surface area contributed by atoms with Crippen LogP contribution in [0.5, 0.6) is 0 Å². The van der Waals surface area contributed by atoms with Crippen molar-refractivity contribution >= 4 is 29.2 Å². The average Bonchev–Trinajstić information content (AvgIpc) is 2.72. The standard InChI is InChI=1S/C23H19ClN2O3/c24-16-9-5-14(6-10-16)13-26-21(15-7-11-17(25)12-8-15)20(23(28)29)18-3-1-2-4-19(18)22(26)27/h1-12,20-21H,13,25H2,(H,28,29)/t20-,21+/m0/s1. The van der Waals surface area contributed by atoms with Gasteiger partial charge in [-0.15, -0.1) is 0 Å². The van der Waals surface area contributed by atoms with Gasteiger partial charge in [0.15, 0.2) is 0 Å². The molecule has 0 radical (unpaired) electrons. The van der Waals surface area contributed by atoms with E-state index in [0.29, 0.717) is 21.8 Å². The van der Waals surface area contributed by atoms with Crippen molar-refractivity contribution in [2.24, 2.45) is 0 Å². The third kappa shape index (κ3) is 3.57. The normalized spacial score (nSPS) is 18.4. The molecule has 3 aromatic rings. The first kappa shape index (κ1) is 19.0. The van der Waals surface area contributed by atoms with Gasteiger partial charge in [0.25, 0.3) is 5.91 Å². The summed E-state index contributed by atoms with van der Waals surface area (Å²) in [6.07, 6.45) is 0. The molecule has 5 nitrogen and oxygen atoms in total. The number of hydrogen-bond donors (Lipinski definition) is 2. The second kappa shape index (κ2) is 7.60. The lowest BCUT2D eigenvalue weighted by molar-refractivity contribution is -0.140. The largest absolute Gasteiger partial charge is 0.481 e. The minimum atomic E-state index is -0.979. The molecule has 0 saturated carbocycles. The van der Waals surface area contributed by atoms with Gasteiger partial charge in [0.2, 0.25) is 0 Å². The van der Waals surface area contributed by atoms with Crippen LogP contribution in [0.1, 0.15) is 39.0 Å². The molecule has 0 saturated heterocycles. The summed E-state index contributed by atoms with van der Waals surface area (Å²) in [4.78, 5) is 27.3. The van der Waals surface area contributed by atoms with E-state index < -0.39 is 17.9 Å². The second-order valence-corrected chi connectivity index (χ2v) is 7.51. The van der Waals surface area contributed by atoms with Crippen LogP contribution in [-0.2, 0) is 11.3 Å².